The summed E-state index contributed by atoms with van der Waals surface area (Å²) in [6.07, 6.45) is 13.5. The van der Waals surface area contributed by atoms with Crippen LogP contribution in [0, 0.1) is 0 Å². The molecule has 0 unspecified atom stereocenters. The molecule has 0 atom stereocenters. The summed E-state index contributed by atoms with van der Waals surface area (Å²) in [7, 11) is 0. The Kier molecular flexibility index (Phi) is 6.55. The lowest BCUT2D eigenvalue weighted by Gasteiger charge is -1.74. The van der Waals surface area contributed by atoms with Crippen LogP contribution < -0.4 is 0 Å². The second-order valence-electron chi connectivity index (χ2n) is 1.99. The number of aliphatic carboxylic acids is 1. The molecule has 0 saturated heterocycles. The van der Waals surface area contributed by atoms with Gasteiger partial charge in [-0.1, -0.05) is 42.5 Å². The van der Waals surface area contributed by atoms with E-state index in [1.165, 1.54) is 6.08 Å². The highest BCUT2D eigenvalue weighted by Crippen LogP contribution is 1.81. The largest absolute Gasteiger partial charge is 0.478 e. The van der Waals surface area contributed by atoms with Crippen LogP contribution in [0.15, 0.2) is 48.6 Å². The molecule has 2 nitrogen and oxygen atoms in total. The topological polar surface area (TPSA) is 37.3 Å². The van der Waals surface area contributed by atoms with E-state index in [2.05, 4.69) is 0 Å². The van der Waals surface area contributed by atoms with Crippen molar-refractivity contribution in [3.05, 3.63) is 48.6 Å². The average molecular weight is 164 g/mol. The summed E-state index contributed by atoms with van der Waals surface area (Å²) in [4.78, 5) is 9.98. The Labute approximate surface area is 72.2 Å². The van der Waals surface area contributed by atoms with Crippen molar-refractivity contribution in [3.63, 3.8) is 0 Å². The Hall–Kier alpha value is -1.57. The third-order valence-corrected chi connectivity index (χ3v) is 0.987. The summed E-state index contributed by atoms with van der Waals surface area (Å²) in [6, 6.07) is 0. The predicted octanol–water partition coefficient (Wildman–Crippen LogP) is 2.32. The van der Waals surface area contributed by atoms with Gasteiger partial charge in [-0.15, -0.1) is 0 Å². The number of carboxylic acids is 1. The molecule has 0 aromatic heterocycles. The fourth-order valence-corrected chi connectivity index (χ4v) is 0.506. The first-order chi connectivity index (χ1) is 5.77. The molecule has 0 fully saturated rings. The first kappa shape index (κ1) is 10.4. The van der Waals surface area contributed by atoms with Gasteiger partial charge in [-0.3, -0.25) is 0 Å². The van der Waals surface area contributed by atoms with Crippen LogP contribution in [0.1, 0.15) is 6.92 Å². The highest BCUT2D eigenvalue weighted by molar-refractivity contribution is 5.80. The van der Waals surface area contributed by atoms with Gasteiger partial charge >= 0.3 is 5.97 Å². The molecular weight excluding hydrogens is 152 g/mol. The van der Waals surface area contributed by atoms with Gasteiger partial charge in [0.15, 0.2) is 0 Å². The van der Waals surface area contributed by atoms with Crippen LogP contribution >= 0.6 is 0 Å². The van der Waals surface area contributed by atoms with Crippen LogP contribution in [-0.2, 0) is 4.79 Å². The normalized spacial score (nSPS) is 12.8. The number of hydrogen-bond acceptors (Lipinski definition) is 1. The van der Waals surface area contributed by atoms with Crippen LogP contribution in [0.4, 0.5) is 0 Å². The van der Waals surface area contributed by atoms with E-state index in [1.807, 2.05) is 31.2 Å². The number of carboxylic acid groups (broad SMARTS) is 1. The smallest absolute Gasteiger partial charge is 0.328 e. The van der Waals surface area contributed by atoms with Crippen molar-refractivity contribution in [2.45, 2.75) is 6.92 Å². The van der Waals surface area contributed by atoms with Crippen molar-refractivity contribution in [2.75, 3.05) is 0 Å². The third kappa shape index (κ3) is 8.43. The number of allylic oxidation sites excluding steroid dienone is 7. The molecule has 1 N–H and O–H groups in total. The van der Waals surface area contributed by atoms with Crippen molar-refractivity contribution in [3.8, 4) is 0 Å². The average Bonchev–Trinajstić information content (AvgIpc) is 2.02. The maximum absolute atomic E-state index is 9.98. The van der Waals surface area contributed by atoms with E-state index in [9.17, 15) is 4.79 Å². The summed E-state index contributed by atoms with van der Waals surface area (Å²) in [6.45, 7) is 1.93. The number of hydrogen-bond donors (Lipinski definition) is 1. The molecule has 64 valence electrons. The van der Waals surface area contributed by atoms with Crippen molar-refractivity contribution in [1.82, 2.24) is 0 Å². The van der Waals surface area contributed by atoms with Crippen LogP contribution in [0.25, 0.3) is 0 Å². The zero-order valence-electron chi connectivity index (χ0n) is 6.97. The minimum atomic E-state index is -0.933. The second-order valence-corrected chi connectivity index (χ2v) is 1.99. The first-order valence-electron chi connectivity index (χ1n) is 3.63. The maximum atomic E-state index is 9.98. The Morgan fingerprint density at radius 1 is 1.00 bits per heavy atom. The van der Waals surface area contributed by atoms with Crippen molar-refractivity contribution in [1.29, 1.82) is 0 Å². The predicted molar refractivity (Wildman–Crippen MR) is 49.9 cm³/mol. The van der Waals surface area contributed by atoms with Gasteiger partial charge in [-0.2, -0.15) is 0 Å². The Bertz CT molecular complexity index is 232. The highest BCUT2D eigenvalue weighted by Gasteiger charge is 1.78. The zero-order valence-corrected chi connectivity index (χ0v) is 6.97. The number of rotatable bonds is 4. The Morgan fingerprint density at radius 3 is 2.00 bits per heavy atom. The summed E-state index contributed by atoms with van der Waals surface area (Å²) in [5.41, 5.74) is 0. The molecule has 0 saturated carbocycles. The van der Waals surface area contributed by atoms with E-state index in [4.69, 9.17) is 5.11 Å². The molecule has 0 aliphatic rings. The van der Waals surface area contributed by atoms with Gasteiger partial charge in [0.05, 0.1) is 0 Å². The van der Waals surface area contributed by atoms with Gasteiger partial charge in [0, 0.05) is 6.08 Å². The molecule has 0 aliphatic heterocycles. The lowest BCUT2D eigenvalue weighted by molar-refractivity contribution is -0.131. The first-order valence-corrected chi connectivity index (χ1v) is 3.63. The van der Waals surface area contributed by atoms with Gasteiger partial charge in [-0.25, -0.2) is 4.79 Å². The molecule has 0 aromatic rings. The van der Waals surface area contributed by atoms with Gasteiger partial charge in [0.2, 0.25) is 0 Å². The van der Waals surface area contributed by atoms with E-state index < -0.39 is 5.97 Å². The van der Waals surface area contributed by atoms with Crippen LogP contribution in [0.3, 0.4) is 0 Å². The van der Waals surface area contributed by atoms with E-state index in [0.29, 0.717) is 0 Å². The standard InChI is InChI=1S/C10H12O2/c1-2-3-4-5-6-7-8-9-10(11)12/h2-9H,1H3,(H,11,12)/b3-2+,5-4+,7-6-,9-8-. The van der Waals surface area contributed by atoms with E-state index in [0.717, 1.165) is 6.08 Å². The van der Waals surface area contributed by atoms with E-state index in [-0.39, 0.29) is 0 Å². The molecule has 0 heterocycles. The third-order valence-electron chi connectivity index (χ3n) is 0.987. The summed E-state index contributed by atoms with van der Waals surface area (Å²) in [5, 5.41) is 8.20. The van der Waals surface area contributed by atoms with E-state index >= 15 is 0 Å². The molecule has 0 radical (unpaired) electrons. The van der Waals surface area contributed by atoms with Crippen molar-refractivity contribution >= 4 is 5.97 Å². The molecule has 2 heteroatoms. The summed E-state index contributed by atoms with van der Waals surface area (Å²) >= 11 is 0. The van der Waals surface area contributed by atoms with E-state index in [1.54, 1.807) is 12.2 Å². The molecule has 0 bridgehead atoms. The van der Waals surface area contributed by atoms with Crippen LogP contribution in [-0.4, -0.2) is 11.1 Å². The molecule has 0 rings (SSSR count). The molecule has 0 aromatic carbocycles. The zero-order chi connectivity index (χ0) is 9.23. The van der Waals surface area contributed by atoms with Gasteiger partial charge in [-0.05, 0) is 6.92 Å². The van der Waals surface area contributed by atoms with Crippen molar-refractivity contribution in [2.24, 2.45) is 0 Å². The maximum Gasteiger partial charge on any atom is 0.328 e. The molecule has 12 heavy (non-hydrogen) atoms. The lowest BCUT2D eigenvalue weighted by atomic mass is 10.4. The lowest BCUT2D eigenvalue weighted by Crippen LogP contribution is -1.84. The van der Waals surface area contributed by atoms with Gasteiger partial charge < -0.3 is 5.11 Å². The minimum absolute atomic E-state index is 0.933. The molecule has 0 amide bonds. The Balaban J connectivity index is 3.70. The fraction of sp³-hybridized carbons (Fsp3) is 0.100. The SMILES string of the molecule is C/C=C/C=C/C=C\C=C/C(=O)O. The van der Waals surface area contributed by atoms with Crippen LogP contribution in [0.5, 0.6) is 0 Å². The van der Waals surface area contributed by atoms with Crippen LogP contribution in [0.2, 0.25) is 0 Å². The van der Waals surface area contributed by atoms with Gasteiger partial charge in [0.25, 0.3) is 0 Å². The monoisotopic (exact) mass is 164 g/mol. The fourth-order valence-electron chi connectivity index (χ4n) is 0.506. The highest BCUT2D eigenvalue weighted by atomic mass is 16.4. The summed E-state index contributed by atoms with van der Waals surface area (Å²) in [5.74, 6) is -0.933. The number of carbonyl (C=O) groups is 1. The summed E-state index contributed by atoms with van der Waals surface area (Å²) < 4.78 is 0. The Morgan fingerprint density at radius 2 is 1.50 bits per heavy atom. The molecule has 0 aliphatic carbocycles. The minimum Gasteiger partial charge on any atom is -0.478 e. The van der Waals surface area contributed by atoms with Crippen molar-refractivity contribution < 1.29 is 9.90 Å². The quantitative estimate of drug-likeness (QED) is 0.511. The molecular formula is C10H12O2. The second kappa shape index (κ2) is 7.54. The molecule has 0 spiro atoms. The van der Waals surface area contributed by atoms with Gasteiger partial charge in [0.1, 0.15) is 0 Å².